The fraction of sp³-hybridized carbons (Fsp3) is 0.800. The van der Waals surface area contributed by atoms with Crippen molar-refractivity contribution < 1.29 is 41.1 Å². The molecule has 14 heteroatoms. The molecule has 0 aromatic heterocycles. The smallest absolute Gasteiger partial charge is 0.356 e. The minimum absolute atomic E-state index is 0.0504. The molecule has 0 spiro atoms. The van der Waals surface area contributed by atoms with Crippen LogP contribution in [0.15, 0.2) is 0 Å². The van der Waals surface area contributed by atoms with Gasteiger partial charge in [-0.1, -0.05) is 19.3 Å². The number of piperidine rings is 3. The number of amides is 4. The van der Waals surface area contributed by atoms with E-state index in [4.69, 9.17) is 0 Å². The highest BCUT2D eigenvalue weighted by atomic mass is 19.4. The van der Waals surface area contributed by atoms with Crippen molar-refractivity contribution in [2.24, 2.45) is 17.8 Å². The number of fused-ring (bicyclic) bond motifs is 3. The van der Waals surface area contributed by atoms with E-state index in [0.29, 0.717) is 32.2 Å². The molecule has 5 rings (SSSR count). The molecule has 2 bridgehead atoms. The molecule has 2 aliphatic carbocycles. The second-order valence-electron chi connectivity index (χ2n) is 11.1. The van der Waals surface area contributed by atoms with Crippen molar-refractivity contribution in [1.29, 1.82) is 5.26 Å². The molecule has 3 saturated heterocycles. The van der Waals surface area contributed by atoms with Gasteiger partial charge >= 0.3 is 12.1 Å². The van der Waals surface area contributed by atoms with E-state index >= 15 is 0 Å². The highest BCUT2D eigenvalue weighted by Crippen LogP contribution is 2.49. The normalized spacial score (nSPS) is 29.8. The van der Waals surface area contributed by atoms with Crippen LogP contribution in [-0.2, 0) is 19.2 Å². The number of nitrogens with one attached hydrogen (secondary N) is 3. The number of carbonyl (C=O) groups is 4. The molecule has 39 heavy (non-hydrogen) atoms. The lowest BCUT2D eigenvalue weighted by Gasteiger charge is -2.54. The molecule has 0 aromatic rings. The maximum Gasteiger partial charge on any atom is 0.471 e. The quantitative estimate of drug-likeness (QED) is 0.391. The zero-order chi connectivity index (χ0) is 28.5. The Bertz CT molecular complexity index is 1030. The lowest BCUT2D eigenvalue weighted by atomic mass is 9.71. The number of nitrogens with zero attached hydrogens (tertiary/aromatic N) is 2. The maximum atomic E-state index is 15.0. The summed E-state index contributed by atoms with van der Waals surface area (Å²) in [5.74, 6) is -10.2. The summed E-state index contributed by atoms with van der Waals surface area (Å²) in [5.41, 5.74) is 0. The molecule has 6 atom stereocenters. The summed E-state index contributed by atoms with van der Waals surface area (Å²) in [6, 6.07) is -3.82. The topological polar surface area (TPSA) is 131 Å². The van der Waals surface area contributed by atoms with Crippen molar-refractivity contribution in [2.45, 2.75) is 100 Å². The number of hydrogen-bond acceptors (Lipinski definition) is 5. The zero-order valence-corrected chi connectivity index (χ0v) is 21.2. The summed E-state index contributed by atoms with van der Waals surface area (Å²) in [6.45, 7) is 0.489. The van der Waals surface area contributed by atoms with E-state index < -0.39 is 72.2 Å². The summed E-state index contributed by atoms with van der Waals surface area (Å²) in [6.07, 6.45) is -2.84. The molecule has 0 aromatic carbocycles. The molecule has 216 valence electrons. The molecule has 5 aliphatic rings. The highest BCUT2D eigenvalue weighted by Gasteiger charge is 2.61. The first kappa shape index (κ1) is 29.0. The minimum atomic E-state index is -5.26. The van der Waals surface area contributed by atoms with E-state index in [1.807, 2.05) is 6.07 Å². The average molecular weight is 562 g/mol. The average Bonchev–Trinajstić information content (AvgIpc) is 2.84. The third-order valence-electron chi connectivity index (χ3n) is 8.51. The maximum absolute atomic E-state index is 15.0. The van der Waals surface area contributed by atoms with Gasteiger partial charge in [-0.25, -0.2) is 8.78 Å². The van der Waals surface area contributed by atoms with Crippen LogP contribution in [0.2, 0.25) is 0 Å². The Labute approximate surface area is 222 Å². The van der Waals surface area contributed by atoms with Crippen LogP contribution in [0, 0.1) is 29.1 Å². The van der Waals surface area contributed by atoms with Gasteiger partial charge in [0.1, 0.15) is 18.1 Å². The number of carbonyl (C=O) groups excluding carboxylic acids is 4. The van der Waals surface area contributed by atoms with Gasteiger partial charge in [-0.3, -0.25) is 19.2 Å². The lowest BCUT2D eigenvalue weighted by molar-refractivity contribution is -0.196. The number of nitriles is 1. The Morgan fingerprint density at radius 1 is 1.08 bits per heavy atom. The van der Waals surface area contributed by atoms with Crippen molar-refractivity contribution in [3.05, 3.63) is 0 Å². The molecule has 3 aliphatic heterocycles. The molecule has 3 heterocycles. The highest BCUT2D eigenvalue weighted by molar-refractivity contribution is 5.94. The molecule has 9 nitrogen and oxygen atoms in total. The summed E-state index contributed by atoms with van der Waals surface area (Å²) in [7, 11) is 0. The van der Waals surface area contributed by atoms with E-state index in [2.05, 4.69) is 10.6 Å². The molecule has 3 N–H and O–H groups in total. The fourth-order valence-corrected chi connectivity index (χ4v) is 6.27. The number of hydrogen-bond donors (Lipinski definition) is 3. The molecule has 0 unspecified atom stereocenters. The van der Waals surface area contributed by atoms with E-state index in [9.17, 15) is 46.4 Å². The van der Waals surface area contributed by atoms with Gasteiger partial charge in [0.05, 0.1) is 12.0 Å². The monoisotopic (exact) mass is 561 g/mol. The van der Waals surface area contributed by atoms with Gasteiger partial charge in [-0.15, -0.1) is 0 Å². The van der Waals surface area contributed by atoms with Gasteiger partial charge < -0.3 is 20.9 Å². The van der Waals surface area contributed by atoms with Crippen LogP contribution in [0.4, 0.5) is 22.0 Å². The van der Waals surface area contributed by atoms with Gasteiger partial charge in [0.25, 0.3) is 5.92 Å². The predicted octanol–water partition coefficient (Wildman–Crippen LogP) is 2.16. The first-order chi connectivity index (χ1) is 18.3. The number of halogens is 5. The van der Waals surface area contributed by atoms with Gasteiger partial charge in [-0.05, 0) is 44.4 Å². The molecule has 0 radical (unpaired) electrons. The molecule has 4 amide bonds. The van der Waals surface area contributed by atoms with Gasteiger partial charge in [0.15, 0.2) is 0 Å². The van der Waals surface area contributed by atoms with Crippen molar-refractivity contribution >= 4 is 23.6 Å². The Morgan fingerprint density at radius 2 is 1.79 bits per heavy atom. The van der Waals surface area contributed by atoms with E-state index in [0.717, 1.165) is 11.3 Å². The number of alkyl halides is 5. The van der Waals surface area contributed by atoms with Crippen LogP contribution in [0.25, 0.3) is 0 Å². The van der Waals surface area contributed by atoms with Crippen LogP contribution in [0.5, 0.6) is 0 Å². The Morgan fingerprint density at radius 3 is 2.36 bits per heavy atom. The van der Waals surface area contributed by atoms with Gasteiger partial charge in [0.2, 0.25) is 17.7 Å². The van der Waals surface area contributed by atoms with Crippen LogP contribution >= 0.6 is 0 Å². The third kappa shape index (κ3) is 6.27. The van der Waals surface area contributed by atoms with Gasteiger partial charge in [0, 0.05) is 24.9 Å². The van der Waals surface area contributed by atoms with Crippen LogP contribution in [0.1, 0.15) is 64.2 Å². The molecule has 2 saturated carbocycles. The van der Waals surface area contributed by atoms with E-state index in [1.165, 1.54) is 0 Å². The summed E-state index contributed by atoms with van der Waals surface area (Å²) in [5, 5.41) is 16.4. The Kier molecular flexibility index (Phi) is 8.37. The first-order valence-electron chi connectivity index (χ1n) is 13.4. The second kappa shape index (κ2) is 11.3. The second-order valence-corrected chi connectivity index (χ2v) is 11.1. The van der Waals surface area contributed by atoms with Crippen LogP contribution in [-0.4, -0.2) is 71.3 Å². The molecular formula is C25H32F5N5O4. The lowest BCUT2D eigenvalue weighted by Crippen LogP contribution is -2.71. The predicted molar refractivity (Wildman–Crippen MR) is 125 cm³/mol. The molecule has 5 fully saturated rings. The number of rotatable bonds is 8. The zero-order valence-electron chi connectivity index (χ0n) is 21.2. The third-order valence-corrected chi connectivity index (χ3v) is 8.51. The van der Waals surface area contributed by atoms with Gasteiger partial charge in [-0.2, -0.15) is 18.4 Å². The Balaban J connectivity index is 1.57. The fourth-order valence-electron chi connectivity index (χ4n) is 6.27. The largest absolute Gasteiger partial charge is 0.471 e. The summed E-state index contributed by atoms with van der Waals surface area (Å²) in [4.78, 5) is 51.9. The SMILES string of the molecule is N#C[C@@H](C[C@@H]1CCCNC1=O)NC(=O)[C@H]1[C@@H]2CC[C@@H](CC2(F)F)N1C(=O)[C@H](CC1CCC1)NC(=O)C(F)(F)F. The van der Waals surface area contributed by atoms with Crippen molar-refractivity contribution in [3.63, 3.8) is 0 Å². The van der Waals surface area contributed by atoms with E-state index in [1.54, 1.807) is 5.32 Å². The standard InChI is InChI=1S/C25H32F5N5O4/c26-24(27)11-16-6-7-17(24)19(21(37)33-15(12-31)10-14-5-2-8-32-20(14)36)35(16)22(38)18(9-13-3-1-4-13)34-23(39)25(28,29)30/h13-19H,1-11H2,(H,32,36)(H,33,37)(H,34,39)/t14-,15+,16-,17-,18-,19+/m0/s1. The summed E-state index contributed by atoms with van der Waals surface area (Å²) >= 11 is 0. The summed E-state index contributed by atoms with van der Waals surface area (Å²) < 4.78 is 69.1. The van der Waals surface area contributed by atoms with Crippen molar-refractivity contribution in [2.75, 3.05) is 6.54 Å². The molecular weight excluding hydrogens is 529 g/mol. The van der Waals surface area contributed by atoms with Crippen LogP contribution in [0.3, 0.4) is 0 Å². The van der Waals surface area contributed by atoms with Crippen molar-refractivity contribution in [1.82, 2.24) is 20.9 Å². The first-order valence-corrected chi connectivity index (χ1v) is 13.4. The van der Waals surface area contributed by atoms with E-state index in [-0.39, 0.29) is 37.5 Å². The minimum Gasteiger partial charge on any atom is -0.356 e. The van der Waals surface area contributed by atoms with Crippen molar-refractivity contribution in [3.8, 4) is 6.07 Å². The Hall–Kier alpha value is -2.98. The van der Waals surface area contributed by atoms with Crippen LogP contribution < -0.4 is 16.0 Å².